The van der Waals surface area contributed by atoms with Crippen molar-refractivity contribution in [2.45, 2.75) is 33.4 Å². The highest BCUT2D eigenvalue weighted by Crippen LogP contribution is 2.17. The third kappa shape index (κ3) is 2.45. The molecule has 8 heteroatoms. The van der Waals surface area contributed by atoms with Gasteiger partial charge in [-0.3, -0.25) is 5.10 Å². The van der Waals surface area contributed by atoms with E-state index in [9.17, 15) is 0 Å². The molecule has 0 amide bonds. The van der Waals surface area contributed by atoms with Crippen molar-refractivity contribution in [2.75, 3.05) is 5.73 Å². The zero-order valence-corrected chi connectivity index (χ0v) is 12.2. The Labute approximate surface area is 121 Å². The van der Waals surface area contributed by atoms with Crippen molar-refractivity contribution in [3.63, 3.8) is 0 Å². The number of aryl methyl sites for hydroxylation is 2. The molecule has 0 saturated carbocycles. The summed E-state index contributed by atoms with van der Waals surface area (Å²) in [7, 11) is 0. The molecule has 1 unspecified atom stereocenters. The van der Waals surface area contributed by atoms with Gasteiger partial charge in [-0.05, 0) is 20.8 Å². The van der Waals surface area contributed by atoms with E-state index >= 15 is 0 Å². The molecule has 3 heterocycles. The number of nitrogens with one attached hydrogen (secondary N) is 3. The van der Waals surface area contributed by atoms with Gasteiger partial charge in [0.1, 0.15) is 11.3 Å². The molecule has 0 bridgehead atoms. The van der Waals surface area contributed by atoms with E-state index in [4.69, 9.17) is 5.73 Å². The lowest BCUT2D eigenvalue weighted by Crippen LogP contribution is -2.21. The summed E-state index contributed by atoms with van der Waals surface area (Å²) in [4.78, 5) is 15.8. The summed E-state index contributed by atoms with van der Waals surface area (Å²) < 4.78 is 0. The Balaban J connectivity index is 1.79. The molecule has 3 aromatic heterocycles. The third-order valence-electron chi connectivity index (χ3n) is 3.58. The lowest BCUT2D eigenvalue weighted by atomic mass is 10.2. The predicted octanol–water partition coefficient (Wildman–Crippen LogP) is 1.13. The monoisotopic (exact) mass is 286 g/mol. The fraction of sp³-hybridized carbons (Fsp3) is 0.385. The highest BCUT2D eigenvalue weighted by Gasteiger charge is 2.14. The van der Waals surface area contributed by atoms with Gasteiger partial charge in [0, 0.05) is 17.8 Å². The summed E-state index contributed by atoms with van der Waals surface area (Å²) in [6.45, 7) is 6.68. The van der Waals surface area contributed by atoms with Crippen LogP contribution in [0.15, 0.2) is 6.33 Å². The maximum Gasteiger partial charge on any atom is 0.183 e. The van der Waals surface area contributed by atoms with Crippen LogP contribution < -0.4 is 11.1 Å². The first kappa shape index (κ1) is 13.5. The summed E-state index contributed by atoms with van der Waals surface area (Å²) in [5.41, 5.74) is 10.4. The van der Waals surface area contributed by atoms with Crippen molar-refractivity contribution in [2.24, 2.45) is 0 Å². The van der Waals surface area contributed by atoms with Crippen LogP contribution in [0.4, 0.5) is 5.82 Å². The summed E-state index contributed by atoms with van der Waals surface area (Å²) in [6, 6.07) is -0.0397. The van der Waals surface area contributed by atoms with Crippen molar-refractivity contribution in [1.29, 1.82) is 0 Å². The quantitative estimate of drug-likeness (QED) is 0.570. The zero-order chi connectivity index (χ0) is 15.0. The standard InChI is InChI=1S/C13H18N8/c1-6-9(7(2)21-20-6)4-15-8(3)12-18-11(14)10-13(19-12)17-5-16-10/h5,8,15H,4H2,1-3H3,(H,20,21)(H3,14,16,17,18,19). The minimum atomic E-state index is -0.0397. The molecule has 0 aliphatic heterocycles. The fourth-order valence-corrected chi connectivity index (χ4v) is 2.25. The Kier molecular flexibility index (Phi) is 3.30. The first-order chi connectivity index (χ1) is 10.1. The Hall–Kier alpha value is -2.48. The number of rotatable bonds is 4. The van der Waals surface area contributed by atoms with Crippen LogP contribution in [-0.2, 0) is 6.54 Å². The van der Waals surface area contributed by atoms with Gasteiger partial charge in [0.05, 0.1) is 18.1 Å². The Bertz CT molecular complexity index is 752. The first-order valence-corrected chi connectivity index (χ1v) is 6.76. The predicted molar refractivity (Wildman–Crippen MR) is 79.4 cm³/mol. The molecule has 0 aliphatic carbocycles. The molecule has 21 heavy (non-hydrogen) atoms. The molecular weight excluding hydrogens is 268 g/mol. The second kappa shape index (κ2) is 5.13. The van der Waals surface area contributed by atoms with Gasteiger partial charge in [-0.1, -0.05) is 0 Å². The second-order valence-electron chi connectivity index (χ2n) is 5.08. The zero-order valence-electron chi connectivity index (χ0n) is 12.2. The molecule has 8 nitrogen and oxygen atoms in total. The molecule has 0 fully saturated rings. The topological polar surface area (TPSA) is 121 Å². The van der Waals surface area contributed by atoms with E-state index in [0.29, 0.717) is 29.4 Å². The SMILES string of the molecule is Cc1n[nH]c(C)c1CNC(C)c1nc(N)c2[nH]cnc2n1. The molecule has 0 aliphatic rings. The highest BCUT2D eigenvalue weighted by atomic mass is 15.1. The average Bonchev–Trinajstić information content (AvgIpc) is 3.04. The van der Waals surface area contributed by atoms with Crippen LogP contribution >= 0.6 is 0 Å². The smallest absolute Gasteiger partial charge is 0.183 e. The van der Waals surface area contributed by atoms with E-state index < -0.39 is 0 Å². The van der Waals surface area contributed by atoms with E-state index in [1.807, 2.05) is 20.8 Å². The number of hydrogen-bond donors (Lipinski definition) is 4. The number of nitrogens with two attached hydrogens (primary N) is 1. The van der Waals surface area contributed by atoms with Crippen molar-refractivity contribution in [3.8, 4) is 0 Å². The van der Waals surface area contributed by atoms with Crippen LogP contribution in [-0.4, -0.2) is 30.1 Å². The Morgan fingerprint density at radius 3 is 2.86 bits per heavy atom. The second-order valence-corrected chi connectivity index (χ2v) is 5.08. The van der Waals surface area contributed by atoms with Gasteiger partial charge in [0.25, 0.3) is 0 Å². The Morgan fingerprint density at radius 2 is 2.14 bits per heavy atom. The van der Waals surface area contributed by atoms with E-state index in [-0.39, 0.29) is 6.04 Å². The molecule has 0 saturated heterocycles. The van der Waals surface area contributed by atoms with Crippen LogP contribution in [0.5, 0.6) is 0 Å². The number of aromatic nitrogens is 6. The van der Waals surface area contributed by atoms with E-state index in [0.717, 1.165) is 17.0 Å². The maximum atomic E-state index is 5.91. The van der Waals surface area contributed by atoms with Gasteiger partial charge in [-0.2, -0.15) is 5.10 Å². The molecule has 0 aromatic carbocycles. The number of imidazole rings is 1. The maximum absolute atomic E-state index is 5.91. The molecule has 110 valence electrons. The lowest BCUT2D eigenvalue weighted by molar-refractivity contribution is 0.546. The van der Waals surface area contributed by atoms with Gasteiger partial charge in [0.2, 0.25) is 0 Å². The van der Waals surface area contributed by atoms with Crippen LogP contribution in [0, 0.1) is 13.8 Å². The molecule has 1 atom stereocenters. The van der Waals surface area contributed by atoms with Gasteiger partial charge in [0.15, 0.2) is 11.5 Å². The molecule has 0 radical (unpaired) electrons. The highest BCUT2D eigenvalue weighted by molar-refractivity contribution is 5.80. The summed E-state index contributed by atoms with van der Waals surface area (Å²) in [5, 5.41) is 10.5. The van der Waals surface area contributed by atoms with E-state index in [1.54, 1.807) is 6.33 Å². The number of anilines is 1. The molecular formula is C13H18N8. The van der Waals surface area contributed by atoms with Crippen LogP contribution in [0.2, 0.25) is 0 Å². The van der Waals surface area contributed by atoms with Crippen molar-refractivity contribution in [1.82, 2.24) is 35.5 Å². The number of nitrogen functional groups attached to an aromatic ring is 1. The minimum absolute atomic E-state index is 0.0397. The Morgan fingerprint density at radius 1 is 1.33 bits per heavy atom. The van der Waals surface area contributed by atoms with E-state index in [1.165, 1.54) is 0 Å². The summed E-state index contributed by atoms with van der Waals surface area (Å²) in [5.74, 6) is 1.04. The fourth-order valence-electron chi connectivity index (χ4n) is 2.25. The number of fused-ring (bicyclic) bond motifs is 1. The van der Waals surface area contributed by atoms with Gasteiger partial charge >= 0.3 is 0 Å². The normalized spacial score (nSPS) is 12.9. The number of hydrogen-bond acceptors (Lipinski definition) is 6. The molecule has 3 rings (SSSR count). The molecule has 5 N–H and O–H groups in total. The lowest BCUT2D eigenvalue weighted by Gasteiger charge is -2.13. The number of H-pyrrole nitrogens is 2. The van der Waals surface area contributed by atoms with Gasteiger partial charge in [-0.25, -0.2) is 15.0 Å². The van der Waals surface area contributed by atoms with Crippen molar-refractivity contribution in [3.05, 3.63) is 29.1 Å². The van der Waals surface area contributed by atoms with Crippen LogP contribution in [0.25, 0.3) is 11.2 Å². The van der Waals surface area contributed by atoms with Crippen LogP contribution in [0.1, 0.15) is 35.7 Å². The average molecular weight is 286 g/mol. The largest absolute Gasteiger partial charge is 0.382 e. The van der Waals surface area contributed by atoms with E-state index in [2.05, 4.69) is 35.5 Å². The van der Waals surface area contributed by atoms with Gasteiger partial charge < -0.3 is 16.0 Å². The number of aromatic amines is 2. The molecule has 0 spiro atoms. The van der Waals surface area contributed by atoms with Crippen molar-refractivity contribution < 1.29 is 0 Å². The van der Waals surface area contributed by atoms with Crippen LogP contribution in [0.3, 0.4) is 0 Å². The first-order valence-electron chi connectivity index (χ1n) is 6.76. The minimum Gasteiger partial charge on any atom is -0.382 e. The van der Waals surface area contributed by atoms with Crippen molar-refractivity contribution >= 4 is 17.0 Å². The van der Waals surface area contributed by atoms with Gasteiger partial charge in [-0.15, -0.1) is 0 Å². The number of nitrogens with zero attached hydrogens (tertiary/aromatic N) is 4. The third-order valence-corrected chi connectivity index (χ3v) is 3.58. The summed E-state index contributed by atoms with van der Waals surface area (Å²) in [6.07, 6.45) is 1.57. The summed E-state index contributed by atoms with van der Waals surface area (Å²) >= 11 is 0. The molecule has 3 aromatic rings.